The number of thioether (sulfide) groups is 1. The van der Waals surface area contributed by atoms with Crippen LogP contribution in [0, 0.1) is 5.92 Å². The molecule has 1 aromatic rings. The van der Waals surface area contributed by atoms with Crippen molar-refractivity contribution in [3.05, 3.63) is 18.2 Å². The lowest BCUT2D eigenvalue weighted by Gasteiger charge is -2.28. The average molecular weight is 251 g/mol. The fourth-order valence-corrected chi connectivity index (χ4v) is 3.95. The normalized spacial score (nSPS) is 25.8. The fraction of sp³-hybridized carbons (Fsp3) is 0.769. The van der Waals surface area contributed by atoms with Crippen molar-refractivity contribution in [3.8, 4) is 0 Å². The quantitative estimate of drug-likeness (QED) is 0.890. The van der Waals surface area contributed by atoms with E-state index in [9.17, 15) is 0 Å². The van der Waals surface area contributed by atoms with Gasteiger partial charge in [0.15, 0.2) is 0 Å². The second kappa shape index (κ2) is 5.44. The maximum atomic E-state index is 4.38. The Bertz CT molecular complexity index is 357. The third-order valence-electron chi connectivity index (χ3n) is 3.95. The number of imidazole rings is 1. The van der Waals surface area contributed by atoms with Crippen LogP contribution in [0.3, 0.4) is 0 Å². The summed E-state index contributed by atoms with van der Waals surface area (Å²) in [4.78, 5) is 4.38. The van der Waals surface area contributed by atoms with Gasteiger partial charge in [-0.15, -0.1) is 0 Å². The highest BCUT2D eigenvalue weighted by molar-refractivity contribution is 7.99. The molecule has 1 N–H and O–H groups in total. The molecule has 0 saturated carbocycles. The minimum atomic E-state index is 0.778. The molecule has 3 rings (SSSR count). The second-order valence-electron chi connectivity index (χ2n) is 5.20. The van der Waals surface area contributed by atoms with Gasteiger partial charge in [-0.1, -0.05) is 0 Å². The smallest absolute Gasteiger partial charge is 0.108 e. The van der Waals surface area contributed by atoms with Crippen molar-refractivity contribution in [2.75, 3.05) is 18.1 Å². The standard InChI is InChI=1S/C13H21N3S/c1-2-13-14-5-6-16(13)10-11(1)9-15-12-3-7-17-8-4-12/h5-6,11-12,15H,1-4,7-10H2/t11-/m1/s1. The van der Waals surface area contributed by atoms with Gasteiger partial charge < -0.3 is 9.88 Å². The van der Waals surface area contributed by atoms with Gasteiger partial charge in [-0.25, -0.2) is 4.98 Å². The highest BCUT2D eigenvalue weighted by Gasteiger charge is 2.20. The van der Waals surface area contributed by atoms with E-state index < -0.39 is 0 Å². The van der Waals surface area contributed by atoms with Gasteiger partial charge in [0, 0.05) is 31.4 Å². The third kappa shape index (κ3) is 2.86. The zero-order valence-electron chi connectivity index (χ0n) is 10.3. The van der Waals surface area contributed by atoms with E-state index in [1.54, 1.807) is 0 Å². The Morgan fingerprint density at radius 1 is 1.35 bits per heavy atom. The van der Waals surface area contributed by atoms with Crippen LogP contribution in [0.2, 0.25) is 0 Å². The molecule has 94 valence electrons. The first-order valence-electron chi connectivity index (χ1n) is 6.73. The predicted octanol–water partition coefficient (Wildman–Crippen LogP) is 1.93. The molecule has 1 saturated heterocycles. The Labute approximate surface area is 107 Å². The van der Waals surface area contributed by atoms with Gasteiger partial charge in [0.05, 0.1) is 0 Å². The number of aromatic nitrogens is 2. The first kappa shape index (κ1) is 11.6. The summed E-state index contributed by atoms with van der Waals surface area (Å²) in [6.45, 7) is 2.34. The van der Waals surface area contributed by atoms with Crippen molar-refractivity contribution >= 4 is 11.8 Å². The Kier molecular flexibility index (Phi) is 3.71. The maximum Gasteiger partial charge on any atom is 0.108 e. The average Bonchev–Trinajstić information content (AvgIpc) is 2.85. The molecule has 2 aliphatic rings. The molecule has 2 aliphatic heterocycles. The largest absolute Gasteiger partial charge is 0.335 e. The minimum absolute atomic E-state index is 0.778. The molecular formula is C13H21N3S. The molecule has 4 heteroatoms. The van der Waals surface area contributed by atoms with E-state index in [1.165, 1.54) is 43.1 Å². The molecule has 3 heterocycles. The highest BCUT2D eigenvalue weighted by atomic mass is 32.2. The summed E-state index contributed by atoms with van der Waals surface area (Å²) in [6.07, 6.45) is 9.22. The van der Waals surface area contributed by atoms with E-state index in [0.717, 1.165) is 24.9 Å². The van der Waals surface area contributed by atoms with Crippen LogP contribution in [0.4, 0.5) is 0 Å². The summed E-state index contributed by atoms with van der Waals surface area (Å²) in [5, 5.41) is 3.77. The molecule has 0 bridgehead atoms. The molecule has 1 fully saturated rings. The van der Waals surface area contributed by atoms with E-state index in [-0.39, 0.29) is 0 Å². The van der Waals surface area contributed by atoms with Gasteiger partial charge in [0.2, 0.25) is 0 Å². The molecule has 0 aromatic carbocycles. The van der Waals surface area contributed by atoms with Crippen LogP contribution in [0.25, 0.3) is 0 Å². The monoisotopic (exact) mass is 251 g/mol. The molecule has 0 aliphatic carbocycles. The number of fused-ring (bicyclic) bond motifs is 1. The molecule has 0 radical (unpaired) electrons. The van der Waals surface area contributed by atoms with E-state index in [2.05, 4.69) is 32.8 Å². The minimum Gasteiger partial charge on any atom is -0.335 e. The van der Waals surface area contributed by atoms with Gasteiger partial charge >= 0.3 is 0 Å². The van der Waals surface area contributed by atoms with Crippen LogP contribution in [-0.2, 0) is 13.0 Å². The zero-order chi connectivity index (χ0) is 11.5. The summed E-state index contributed by atoms with van der Waals surface area (Å²) in [5.41, 5.74) is 0. The Balaban J connectivity index is 1.47. The number of hydrogen-bond donors (Lipinski definition) is 1. The van der Waals surface area contributed by atoms with E-state index in [1.807, 2.05) is 6.20 Å². The van der Waals surface area contributed by atoms with Crippen LogP contribution < -0.4 is 5.32 Å². The van der Waals surface area contributed by atoms with Gasteiger partial charge in [0.1, 0.15) is 5.82 Å². The number of aryl methyl sites for hydroxylation is 1. The lowest BCUT2D eigenvalue weighted by Crippen LogP contribution is -2.38. The van der Waals surface area contributed by atoms with Crippen molar-refractivity contribution < 1.29 is 0 Å². The van der Waals surface area contributed by atoms with Crippen molar-refractivity contribution in [3.63, 3.8) is 0 Å². The van der Waals surface area contributed by atoms with Crippen LogP contribution in [-0.4, -0.2) is 33.6 Å². The predicted molar refractivity (Wildman–Crippen MR) is 72.4 cm³/mol. The summed E-state index contributed by atoms with van der Waals surface area (Å²) in [7, 11) is 0. The van der Waals surface area contributed by atoms with E-state index in [0.29, 0.717) is 0 Å². The SMILES string of the molecule is c1cn2c(n1)CC[C@H](CNC1CCSCC1)C2. The second-order valence-corrected chi connectivity index (χ2v) is 6.42. The van der Waals surface area contributed by atoms with Gasteiger partial charge in [-0.05, 0) is 43.2 Å². The van der Waals surface area contributed by atoms with Crippen LogP contribution in [0.15, 0.2) is 12.4 Å². The topological polar surface area (TPSA) is 29.9 Å². The fourth-order valence-electron chi connectivity index (χ4n) is 2.84. The number of hydrogen-bond acceptors (Lipinski definition) is 3. The van der Waals surface area contributed by atoms with Crippen molar-refractivity contribution in [1.82, 2.24) is 14.9 Å². The molecule has 3 nitrogen and oxygen atoms in total. The molecule has 1 atom stereocenters. The third-order valence-corrected chi connectivity index (χ3v) is 5.00. The van der Waals surface area contributed by atoms with Gasteiger partial charge in [-0.3, -0.25) is 0 Å². The Morgan fingerprint density at radius 2 is 2.24 bits per heavy atom. The van der Waals surface area contributed by atoms with E-state index >= 15 is 0 Å². The van der Waals surface area contributed by atoms with Gasteiger partial charge in [0.25, 0.3) is 0 Å². The molecule has 0 spiro atoms. The molecule has 1 aromatic heterocycles. The summed E-state index contributed by atoms with van der Waals surface area (Å²) >= 11 is 2.10. The van der Waals surface area contributed by atoms with Crippen LogP contribution >= 0.6 is 11.8 Å². The van der Waals surface area contributed by atoms with Crippen LogP contribution in [0.1, 0.15) is 25.1 Å². The first-order chi connectivity index (χ1) is 8.42. The van der Waals surface area contributed by atoms with Crippen LogP contribution in [0.5, 0.6) is 0 Å². The summed E-state index contributed by atoms with van der Waals surface area (Å²) in [6, 6.07) is 0.778. The van der Waals surface area contributed by atoms with Crippen molar-refractivity contribution in [2.45, 2.75) is 38.3 Å². The van der Waals surface area contributed by atoms with Crippen molar-refractivity contribution in [1.29, 1.82) is 0 Å². The summed E-state index contributed by atoms with van der Waals surface area (Å²) in [5.74, 6) is 4.75. The molecule has 17 heavy (non-hydrogen) atoms. The number of rotatable bonds is 3. The lowest BCUT2D eigenvalue weighted by molar-refractivity contribution is 0.326. The zero-order valence-corrected chi connectivity index (χ0v) is 11.1. The molecule has 0 unspecified atom stereocenters. The highest BCUT2D eigenvalue weighted by Crippen LogP contribution is 2.20. The van der Waals surface area contributed by atoms with Gasteiger partial charge in [-0.2, -0.15) is 11.8 Å². The maximum absolute atomic E-state index is 4.38. The molecule has 0 amide bonds. The lowest BCUT2D eigenvalue weighted by atomic mass is 9.98. The summed E-state index contributed by atoms with van der Waals surface area (Å²) < 4.78 is 2.33. The Morgan fingerprint density at radius 3 is 3.12 bits per heavy atom. The van der Waals surface area contributed by atoms with Crippen molar-refractivity contribution in [2.24, 2.45) is 5.92 Å². The molecular weight excluding hydrogens is 230 g/mol. The number of nitrogens with one attached hydrogen (secondary N) is 1. The number of nitrogens with zero attached hydrogens (tertiary/aromatic N) is 2. The Hall–Kier alpha value is -0.480. The van der Waals surface area contributed by atoms with E-state index in [4.69, 9.17) is 0 Å². The first-order valence-corrected chi connectivity index (χ1v) is 7.88.